The number of hydrogen-bond donors (Lipinski definition) is 2. The molecule has 2 unspecified atom stereocenters. The number of ether oxygens (including phenoxy) is 1. The van der Waals surface area contributed by atoms with Crippen molar-refractivity contribution in [2.24, 2.45) is 17.6 Å². The number of nitrogens with zero attached hydrogens (tertiary/aromatic N) is 2. The van der Waals surface area contributed by atoms with E-state index < -0.39 is 0 Å². The third-order valence-corrected chi connectivity index (χ3v) is 3.60. The highest BCUT2D eigenvalue weighted by atomic mass is 32.1. The van der Waals surface area contributed by atoms with Crippen molar-refractivity contribution in [2.45, 2.75) is 26.3 Å². The van der Waals surface area contributed by atoms with Gasteiger partial charge in [0.05, 0.1) is 19.1 Å². The van der Waals surface area contributed by atoms with E-state index in [9.17, 15) is 4.79 Å². The molecule has 1 aromatic rings. The van der Waals surface area contributed by atoms with Crippen LogP contribution in [0.3, 0.4) is 0 Å². The highest BCUT2D eigenvalue weighted by Crippen LogP contribution is 2.20. The summed E-state index contributed by atoms with van der Waals surface area (Å²) in [5.41, 5.74) is 5.79. The van der Waals surface area contributed by atoms with Gasteiger partial charge in [-0.1, -0.05) is 25.2 Å². The van der Waals surface area contributed by atoms with Gasteiger partial charge in [0.1, 0.15) is 5.01 Å². The Morgan fingerprint density at radius 3 is 2.94 bits per heavy atom. The van der Waals surface area contributed by atoms with E-state index in [1.165, 1.54) is 11.3 Å². The molecular formula is C11H18N4O2S. The monoisotopic (exact) mass is 270 g/mol. The Balaban J connectivity index is 1.92. The number of aromatic nitrogens is 2. The van der Waals surface area contributed by atoms with Gasteiger partial charge in [-0.05, 0) is 5.92 Å². The largest absolute Gasteiger partial charge is 0.379 e. The summed E-state index contributed by atoms with van der Waals surface area (Å²) in [4.78, 5) is 11.9. The van der Waals surface area contributed by atoms with Gasteiger partial charge in [0.15, 0.2) is 0 Å². The van der Waals surface area contributed by atoms with Crippen molar-refractivity contribution in [1.82, 2.24) is 10.2 Å². The summed E-state index contributed by atoms with van der Waals surface area (Å²) in [6, 6.07) is -0.229. The Morgan fingerprint density at radius 2 is 2.33 bits per heavy atom. The molecule has 0 aliphatic carbocycles. The summed E-state index contributed by atoms with van der Waals surface area (Å²) in [5, 5.41) is 12.2. The van der Waals surface area contributed by atoms with Crippen LogP contribution < -0.4 is 11.1 Å². The van der Waals surface area contributed by atoms with Crippen molar-refractivity contribution in [2.75, 3.05) is 18.5 Å². The predicted octanol–water partition coefficient (Wildman–Crippen LogP) is 0.649. The fraction of sp³-hybridized carbons (Fsp3) is 0.727. The van der Waals surface area contributed by atoms with Crippen LogP contribution in [0.25, 0.3) is 0 Å². The number of amides is 1. The first kappa shape index (κ1) is 13.4. The molecule has 0 saturated carbocycles. The maximum absolute atomic E-state index is 11.9. The Hall–Kier alpha value is -1.05. The molecule has 1 aliphatic heterocycles. The van der Waals surface area contributed by atoms with Crippen LogP contribution in [0.5, 0.6) is 0 Å². The second-order valence-electron chi connectivity index (χ2n) is 4.90. The molecule has 1 aliphatic rings. The normalized spacial score (nSPS) is 23.6. The van der Waals surface area contributed by atoms with E-state index in [-0.39, 0.29) is 17.9 Å². The first-order chi connectivity index (χ1) is 8.56. The van der Waals surface area contributed by atoms with Crippen molar-refractivity contribution >= 4 is 22.4 Å². The molecule has 0 bridgehead atoms. The number of carbonyl (C=O) groups excluding carboxylic acids is 1. The Morgan fingerprint density at radius 1 is 1.56 bits per heavy atom. The van der Waals surface area contributed by atoms with Crippen LogP contribution in [0.4, 0.5) is 5.13 Å². The molecule has 0 aromatic carbocycles. The summed E-state index contributed by atoms with van der Waals surface area (Å²) in [7, 11) is 0. The van der Waals surface area contributed by atoms with Crippen LogP contribution in [0.15, 0.2) is 0 Å². The standard InChI is InChI=1S/C11H18N4O2S/c1-6(2)3-9-14-15-11(18-9)13-10(16)7-4-17-5-8(7)12/h6-8H,3-5,12H2,1-2H3,(H,13,15,16). The third-order valence-electron chi connectivity index (χ3n) is 2.74. The fourth-order valence-corrected chi connectivity index (χ4v) is 2.73. The molecule has 0 spiro atoms. The molecule has 18 heavy (non-hydrogen) atoms. The summed E-state index contributed by atoms with van der Waals surface area (Å²) in [5.74, 6) is 0.104. The van der Waals surface area contributed by atoms with Crippen LogP contribution in [0.1, 0.15) is 18.9 Å². The maximum Gasteiger partial charge on any atom is 0.233 e. The minimum Gasteiger partial charge on any atom is -0.379 e. The summed E-state index contributed by atoms with van der Waals surface area (Å²) in [6.45, 7) is 5.06. The molecule has 3 N–H and O–H groups in total. The third kappa shape index (κ3) is 3.24. The van der Waals surface area contributed by atoms with Gasteiger partial charge in [0, 0.05) is 12.5 Å². The number of rotatable bonds is 4. The number of nitrogens with one attached hydrogen (secondary N) is 1. The smallest absolute Gasteiger partial charge is 0.233 e. The molecule has 7 heteroatoms. The molecular weight excluding hydrogens is 252 g/mol. The second-order valence-corrected chi connectivity index (χ2v) is 5.96. The summed E-state index contributed by atoms with van der Waals surface area (Å²) < 4.78 is 5.17. The predicted molar refractivity (Wildman–Crippen MR) is 69.4 cm³/mol. The lowest BCUT2D eigenvalue weighted by atomic mass is 10.0. The first-order valence-electron chi connectivity index (χ1n) is 6.03. The van der Waals surface area contributed by atoms with Crippen LogP contribution in [0, 0.1) is 11.8 Å². The molecule has 1 saturated heterocycles. The van der Waals surface area contributed by atoms with Crippen molar-refractivity contribution in [3.05, 3.63) is 5.01 Å². The number of carbonyl (C=O) groups is 1. The number of hydrogen-bond acceptors (Lipinski definition) is 6. The number of anilines is 1. The summed E-state index contributed by atoms with van der Waals surface area (Å²) in [6.07, 6.45) is 0.875. The van der Waals surface area contributed by atoms with Crippen LogP contribution in [-0.4, -0.2) is 35.4 Å². The molecule has 0 radical (unpaired) electrons. The molecule has 2 rings (SSSR count). The molecule has 1 aromatic heterocycles. The van der Waals surface area contributed by atoms with Crippen LogP contribution in [0.2, 0.25) is 0 Å². The van der Waals surface area contributed by atoms with Gasteiger partial charge < -0.3 is 15.8 Å². The van der Waals surface area contributed by atoms with Gasteiger partial charge in [0.25, 0.3) is 0 Å². The Labute approximate surface area is 110 Å². The van der Waals surface area contributed by atoms with E-state index in [0.29, 0.717) is 24.3 Å². The van der Waals surface area contributed by atoms with E-state index in [1.54, 1.807) is 0 Å². The van der Waals surface area contributed by atoms with Crippen molar-refractivity contribution < 1.29 is 9.53 Å². The van der Waals surface area contributed by atoms with Gasteiger partial charge in [-0.15, -0.1) is 10.2 Å². The minimum absolute atomic E-state index is 0.132. The quantitative estimate of drug-likeness (QED) is 0.838. The van der Waals surface area contributed by atoms with Crippen LogP contribution >= 0.6 is 11.3 Å². The lowest BCUT2D eigenvalue weighted by Gasteiger charge is -2.11. The van der Waals surface area contributed by atoms with Gasteiger partial charge in [-0.2, -0.15) is 0 Å². The SMILES string of the molecule is CC(C)Cc1nnc(NC(=O)C2COCC2N)s1. The average Bonchev–Trinajstić information content (AvgIpc) is 2.87. The zero-order chi connectivity index (χ0) is 13.1. The van der Waals surface area contributed by atoms with Gasteiger partial charge in [-0.25, -0.2) is 0 Å². The number of nitrogens with two attached hydrogens (primary N) is 1. The minimum atomic E-state index is -0.289. The van der Waals surface area contributed by atoms with E-state index in [4.69, 9.17) is 10.5 Å². The molecule has 2 heterocycles. The molecule has 1 amide bonds. The highest BCUT2D eigenvalue weighted by Gasteiger charge is 2.31. The topological polar surface area (TPSA) is 90.1 Å². The molecule has 2 atom stereocenters. The average molecular weight is 270 g/mol. The highest BCUT2D eigenvalue weighted by molar-refractivity contribution is 7.15. The fourth-order valence-electron chi connectivity index (χ4n) is 1.77. The zero-order valence-corrected chi connectivity index (χ0v) is 11.4. The maximum atomic E-state index is 11.9. The Kier molecular flexibility index (Phi) is 4.26. The lowest BCUT2D eigenvalue weighted by molar-refractivity contribution is -0.120. The second kappa shape index (κ2) is 5.73. The van der Waals surface area contributed by atoms with Gasteiger partial charge in [0.2, 0.25) is 11.0 Å². The van der Waals surface area contributed by atoms with E-state index in [2.05, 4.69) is 29.4 Å². The molecule has 100 valence electrons. The molecule has 1 fully saturated rings. The Bertz CT molecular complexity index is 421. The molecule has 6 nitrogen and oxygen atoms in total. The summed E-state index contributed by atoms with van der Waals surface area (Å²) >= 11 is 1.41. The van der Waals surface area contributed by atoms with E-state index in [1.807, 2.05) is 0 Å². The van der Waals surface area contributed by atoms with Gasteiger partial charge >= 0.3 is 0 Å². The van der Waals surface area contributed by atoms with Crippen molar-refractivity contribution in [3.63, 3.8) is 0 Å². The first-order valence-corrected chi connectivity index (χ1v) is 6.84. The van der Waals surface area contributed by atoms with E-state index in [0.717, 1.165) is 11.4 Å². The zero-order valence-electron chi connectivity index (χ0n) is 10.5. The van der Waals surface area contributed by atoms with Crippen molar-refractivity contribution in [3.8, 4) is 0 Å². The van der Waals surface area contributed by atoms with Crippen molar-refractivity contribution in [1.29, 1.82) is 0 Å². The lowest BCUT2D eigenvalue weighted by Crippen LogP contribution is -2.37. The van der Waals surface area contributed by atoms with E-state index >= 15 is 0 Å². The van der Waals surface area contributed by atoms with Gasteiger partial charge in [-0.3, -0.25) is 4.79 Å². The van der Waals surface area contributed by atoms with Crippen LogP contribution in [-0.2, 0) is 16.0 Å².